The first-order chi connectivity index (χ1) is 16.2. The van der Waals surface area contributed by atoms with E-state index in [1.807, 2.05) is 25.1 Å². The molecule has 0 bridgehead atoms. The molecule has 0 spiro atoms. The summed E-state index contributed by atoms with van der Waals surface area (Å²) in [7, 11) is 0. The molecule has 0 amide bonds. The van der Waals surface area contributed by atoms with E-state index in [1.54, 1.807) is 6.92 Å². The Morgan fingerprint density at radius 1 is 1.21 bits per heavy atom. The van der Waals surface area contributed by atoms with Crippen LogP contribution in [0.5, 0.6) is 11.5 Å². The lowest BCUT2D eigenvalue weighted by molar-refractivity contribution is -0.137. The third-order valence-electron chi connectivity index (χ3n) is 5.24. The van der Waals surface area contributed by atoms with Crippen molar-refractivity contribution in [3.8, 4) is 23.8 Å². The topological polar surface area (TPSA) is 68.6 Å². The zero-order valence-corrected chi connectivity index (χ0v) is 18.5. The van der Waals surface area contributed by atoms with Crippen LogP contribution in [0, 0.1) is 26.2 Å². The fourth-order valence-corrected chi connectivity index (χ4v) is 3.52. The van der Waals surface area contributed by atoms with Crippen LogP contribution in [0.25, 0.3) is 0 Å². The standard InChI is InChI=1S/C25H21F3N4O2/c1-4-17-8-9-18(15(2)10-17)11-20-14-33-32-24(31-20)23-22(13-29-16(3)30-23)34-21-7-5-6-19(12-21)25(26,27)28/h1,5-10,12-13,20H,11,14H2,2-3H3,(H,31,32)/t20-/m1/s1. The van der Waals surface area contributed by atoms with E-state index in [4.69, 9.17) is 16.0 Å². The number of ether oxygens (including phenoxy) is 1. The van der Waals surface area contributed by atoms with Crippen molar-refractivity contribution in [2.75, 3.05) is 6.61 Å². The van der Waals surface area contributed by atoms with Gasteiger partial charge in [0.15, 0.2) is 17.3 Å². The van der Waals surface area contributed by atoms with Gasteiger partial charge in [-0.3, -0.25) is 0 Å². The lowest BCUT2D eigenvalue weighted by Gasteiger charge is -2.25. The molecule has 0 unspecified atom stereocenters. The molecule has 1 N–H and O–H groups in total. The number of benzene rings is 2. The molecule has 0 saturated heterocycles. The van der Waals surface area contributed by atoms with Gasteiger partial charge in [-0.05, 0) is 61.7 Å². The van der Waals surface area contributed by atoms with Gasteiger partial charge in [-0.2, -0.15) is 13.2 Å². The molecule has 2 heterocycles. The van der Waals surface area contributed by atoms with Gasteiger partial charge in [-0.15, -0.1) is 6.42 Å². The average molecular weight is 466 g/mol. The number of aryl methyl sites for hydroxylation is 2. The highest BCUT2D eigenvalue weighted by molar-refractivity contribution is 5.99. The van der Waals surface area contributed by atoms with Crippen molar-refractivity contribution >= 4 is 5.84 Å². The number of nitrogens with one attached hydrogen (secondary N) is 1. The van der Waals surface area contributed by atoms with Gasteiger partial charge in [0.2, 0.25) is 0 Å². The maximum atomic E-state index is 13.1. The first kappa shape index (κ1) is 23.1. The quantitative estimate of drug-likeness (QED) is 0.549. The third-order valence-corrected chi connectivity index (χ3v) is 5.24. The van der Waals surface area contributed by atoms with Crippen molar-refractivity contribution in [1.29, 1.82) is 0 Å². The van der Waals surface area contributed by atoms with Gasteiger partial charge >= 0.3 is 6.18 Å². The molecule has 1 aromatic heterocycles. The molecule has 2 aromatic carbocycles. The Labute approximate surface area is 194 Å². The first-order valence-electron chi connectivity index (χ1n) is 10.4. The number of hydrogen-bond donors (Lipinski definition) is 1. The Morgan fingerprint density at radius 2 is 2.03 bits per heavy atom. The minimum Gasteiger partial charge on any atom is -0.453 e. The first-order valence-corrected chi connectivity index (χ1v) is 10.4. The molecule has 6 nitrogen and oxygen atoms in total. The number of hydrogen-bond acceptors (Lipinski definition) is 6. The second kappa shape index (κ2) is 9.43. The molecule has 1 aliphatic rings. The molecule has 0 saturated carbocycles. The van der Waals surface area contributed by atoms with E-state index in [9.17, 15) is 13.2 Å². The van der Waals surface area contributed by atoms with Crippen LogP contribution in [0.2, 0.25) is 0 Å². The SMILES string of the molecule is C#Cc1ccc(C[C@@H]2CON=C(c3nc(C)ncc3Oc3cccc(C(F)(F)F)c3)N2)c(C)c1. The highest BCUT2D eigenvalue weighted by Crippen LogP contribution is 2.33. The van der Waals surface area contributed by atoms with E-state index in [1.165, 1.54) is 18.3 Å². The van der Waals surface area contributed by atoms with Crippen molar-refractivity contribution in [3.63, 3.8) is 0 Å². The van der Waals surface area contributed by atoms with Crippen molar-refractivity contribution in [3.05, 3.63) is 82.4 Å². The van der Waals surface area contributed by atoms with E-state index in [2.05, 4.69) is 26.4 Å². The Hall–Kier alpha value is -4.06. The predicted molar refractivity (Wildman–Crippen MR) is 121 cm³/mol. The summed E-state index contributed by atoms with van der Waals surface area (Å²) in [5.74, 6) is 3.52. The fourth-order valence-electron chi connectivity index (χ4n) is 3.52. The van der Waals surface area contributed by atoms with E-state index >= 15 is 0 Å². The summed E-state index contributed by atoms with van der Waals surface area (Å²) in [6.45, 7) is 4.01. The Bertz CT molecular complexity index is 1280. The minimum absolute atomic E-state index is 0.00151. The van der Waals surface area contributed by atoms with Crippen LogP contribution >= 0.6 is 0 Å². The van der Waals surface area contributed by atoms with Crippen molar-refractivity contribution in [1.82, 2.24) is 15.3 Å². The number of halogens is 3. The zero-order chi connectivity index (χ0) is 24.3. The van der Waals surface area contributed by atoms with Crippen LogP contribution in [-0.2, 0) is 17.4 Å². The molecule has 0 radical (unpaired) electrons. The summed E-state index contributed by atoms with van der Waals surface area (Å²) >= 11 is 0. The average Bonchev–Trinajstić information content (AvgIpc) is 2.81. The van der Waals surface area contributed by atoms with Crippen LogP contribution in [0.3, 0.4) is 0 Å². The molecule has 0 fully saturated rings. The second-order valence-electron chi connectivity index (χ2n) is 7.82. The fraction of sp³-hybridized carbons (Fsp3) is 0.240. The molecule has 174 valence electrons. The maximum absolute atomic E-state index is 13.1. The van der Waals surface area contributed by atoms with Gasteiger partial charge in [0, 0.05) is 5.56 Å². The Kier molecular flexibility index (Phi) is 6.41. The highest BCUT2D eigenvalue weighted by atomic mass is 19.4. The molecule has 34 heavy (non-hydrogen) atoms. The van der Waals surface area contributed by atoms with E-state index in [0.717, 1.165) is 28.8 Å². The number of aromatic nitrogens is 2. The molecule has 1 aliphatic heterocycles. The van der Waals surface area contributed by atoms with Crippen molar-refractivity contribution in [2.45, 2.75) is 32.5 Å². The lowest BCUT2D eigenvalue weighted by atomic mass is 9.99. The zero-order valence-electron chi connectivity index (χ0n) is 18.5. The van der Waals surface area contributed by atoms with E-state index < -0.39 is 11.7 Å². The largest absolute Gasteiger partial charge is 0.453 e. The minimum atomic E-state index is -4.49. The van der Waals surface area contributed by atoms with E-state index in [0.29, 0.717) is 24.7 Å². The van der Waals surface area contributed by atoms with Gasteiger partial charge in [-0.25, -0.2) is 9.97 Å². The van der Waals surface area contributed by atoms with Crippen LogP contribution < -0.4 is 10.1 Å². The second-order valence-corrected chi connectivity index (χ2v) is 7.82. The Morgan fingerprint density at radius 3 is 2.76 bits per heavy atom. The van der Waals surface area contributed by atoms with Gasteiger partial charge in [0.05, 0.1) is 17.8 Å². The Balaban J connectivity index is 1.57. The van der Waals surface area contributed by atoms with Crippen LogP contribution in [-0.4, -0.2) is 28.5 Å². The van der Waals surface area contributed by atoms with Gasteiger partial charge in [-0.1, -0.05) is 23.2 Å². The lowest BCUT2D eigenvalue weighted by Crippen LogP contribution is -2.44. The monoisotopic (exact) mass is 466 g/mol. The number of alkyl halides is 3. The van der Waals surface area contributed by atoms with Gasteiger partial charge < -0.3 is 14.9 Å². The molecule has 1 atom stereocenters. The number of amidine groups is 1. The summed E-state index contributed by atoms with van der Waals surface area (Å²) in [6, 6.07) is 10.3. The predicted octanol–water partition coefficient (Wildman–Crippen LogP) is 4.78. The molecular weight excluding hydrogens is 445 g/mol. The molecular formula is C25H21F3N4O2. The summed E-state index contributed by atoms with van der Waals surface area (Å²) < 4.78 is 45.0. The summed E-state index contributed by atoms with van der Waals surface area (Å²) in [5.41, 5.74) is 2.44. The van der Waals surface area contributed by atoms with Crippen LogP contribution in [0.15, 0.2) is 53.8 Å². The van der Waals surface area contributed by atoms with Gasteiger partial charge in [0.1, 0.15) is 18.2 Å². The maximum Gasteiger partial charge on any atom is 0.416 e. The van der Waals surface area contributed by atoms with Crippen LogP contribution in [0.4, 0.5) is 13.2 Å². The summed E-state index contributed by atoms with van der Waals surface area (Å²) in [4.78, 5) is 14.0. The molecule has 4 rings (SSSR count). The number of rotatable bonds is 5. The molecule has 0 aliphatic carbocycles. The smallest absolute Gasteiger partial charge is 0.416 e. The number of nitrogens with zero attached hydrogens (tertiary/aromatic N) is 3. The normalized spacial score (nSPS) is 15.5. The van der Waals surface area contributed by atoms with Crippen molar-refractivity contribution in [2.24, 2.45) is 5.16 Å². The summed E-state index contributed by atoms with van der Waals surface area (Å²) in [5, 5.41) is 7.37. The molecule has 3 aromatic rings. The van der Waals surface area contributed by atoms with Gasteiger partial charge in [0.25, 0.3) is 0 Å². The summed E-state index contributed by atoms with van der Waals surface area (Å²) in [6.07, 6.45) is 3.02. The third kappa shape index (κ3) is 5.29. The van der Waals surface area contributed by atoms with E-state index in [-0.39, 0.29) is 23.2 Å². The van der Waals surface area contributed by atoms with Crippen molar-refractivity contribution < 1.29 is 22.7 Å². The number of oxime groups is 1. The van der Waals surface area contributed by atoms with Crippen LogP contribution in [0.1, 0.15) is 33.8 Å². The highest BCUT2D eigenvalue weighted by Gasteiger charge is 2.31. The molecule has 9 heteroatoms. The number of terminal acetylenes is 1.